The highest BCUT2D eigenvalue weighted by Crippen LogP contribution is 2.18. The average Bonchev–Trinajstić information content (AvgIpc) is 2.38. The van der Waals surface area contributed by atoms with E-state index in [1.54, 1.807) is 24.3 Å². The third-order valence-electron chi connectivity index (χ3n) is 2.64. The maximum atomic E-state index is 11.7. The van der Waals surface area contributed by atoms with Crippen molar-refractivity contribution >= 4 is 5.97 Å². The molecule has 0 radical (unpaired) electrons. The maximum absolute atomic E-state index is 11.7. The van der Waals surface area contributed by atoms with E-state index in [4.69, 9.17) is 4.74 Å². The Kier molecular flexibility index (Phi) is 3.75. The summed E-state index contributed by atoms with van der Waals surface area (Å²) < 4.78 is 5.67. The summed E-state index contributed by atoms with van der Waals surface area (Å²) in [6, 6.07) is 8.78. The van der Waals surface area contributed by atoms with Crippen LogP contribution in [0.1, 0.15) is 18.2 Å². The van der Waals surface area contributed by atoms with Gasteiger partial charge in [0.1, 0.15) is 12.3 Å². The lowest BCUT2D eigenvalue weighted by Crippen LogP contribution is -2.28. The lowest BCUT2D eigenvalue weighted by molar-refractivity contribution is -0.593. The Labute approximate surface area is 111 Å². The summed E-state index contributed by atoms with van der Waals surface area (Å²) in [5, 5.41) is 11.7. The first kappa shape index (κ1) is 13.0. The summed E-state index contributed by atoms with van der Waals surface area (Å²) in [6.07, 6.45) is 1.43. The zero-order valence-electron chi connectivity index (χ0n) is 10.8. The number of carbonyl (C=O) groups excluding carboxylic acids is 1. The molecule has 98 valence electrons. The van der Waals surface area contributed by atoms with Gasteiger partial charge in [-0.05, 0) is 24.6 Å². The van der Waals surface area contributed by atoms with Crippen LogP contribution >= 0.6 is 0 Å². The fourth-order valence-corrected chi connectivity index (χ4v) is 1.70. The number of aromatic nitrogens is 2. The second kappa shape index (κ2) is 5.48. The van der Waals surface area contributed by atoms with E-state index in [2.05, 4.69) is 4.98 Å². The summed E-state index contributed by atoms with van der Waals surface area (Å²) in [7, 11) is 0. The first-order valence-electron chi connectivity index (χ1n) is 5.86. The van der Waals surface area contributed by atoms with Gasteiger partial charge >= 0.3 is 5.97 Å². The van der Waals surface area contributed by atoms with E-state index >= 15 is 0 Å². The molecule has 0 aliphatic heterocycles. The number of hydrogen-bond acceptors (Lipinski definition) is 4. The Bertz CT molecular complexity index is 611. The summed E-state index contributed by atoms with van der Waals surface area (Å²) in [5.74, 6) is -0.359. The molecule has 0 atom stereocenters. The fraction of sp³-hybridized carbons (Fsp3) is 0.214. The highest BCUT2D eigenvalue weighted by molar-refractivity contribution is 5.66. The number of carbonyl (C=O) groups is 1. The normalized spacial score (nSPS) is 10.2. The number of hydrogen-bond donors (Lipinski definition) is 0. The van der Waals surface area contributed by atoms with E-state index < -0.39 is 0 Å². The number of nitrogens with zero attached hydrogens (tertiary/aromatic N) is 2. The summed E-state index contributed by atoms with van der Waals surface area (Å²) >= 11 is 0. The van der Waals surface area contributed by atoms with Gasteiger partial charge in [-0.2, -0.15) is 4.73 Å². The van der Waals surface area contributed by atoms with Crippen LogP contribution in [-0.2, 0) is 16.1 Å². The smallest absolute Gasteiger partial charge is 0.303 e. The van der Waals surface area contributed by atoms with E-state index in [-0.39, 0.29) is 12.6 Å². The molecule has 0 unspecified atom stereocenters. The Morgan fingerprint density at radius 2 is 2.16 bits per heavy atom. The standard InChI is InChI=1S/C14H14N2O3/c1-10-6-7-12(9-19-11(2)17)15-14(10)13-5-3-4-8-16(13)18/h3-8H,9H2,1-2H3. The predicted molar refractivity (Wildman–Crippen MR) is 68.8 cm³/mol. The van der Waals surface area contributed by atoms with Crippen LogP contribution in [0.15, 0.2) is 36.5 Å². The van der Waals surface area contributed by atoms with E-state index in [1.165, 1.54) is 13.1 Å². The van der Waals surface area contributed by atoms with Crippen molar-refractivity contribution in [2.75, 3.05) is 0 Å². The van der Waals surface area contributed by atoms with Gasteiger partial charge in [-0.15, -0.1) is 0 Å². The van der Waals surface area contributed by atoms with Crippen molar-refractivity contribution in [2.24, 2.45) is 0 Å². The summed E-state index contributed by atoms with van der Waals surface area (Å²) in [5.41, 5.74) is 2.58. The maximum Gasteiger partial charge on any atom is 0.303 e. The molecule has 0 fully saturated rings. The third kappa shape index (κ3) is 3.07. The van der Waals surface area contributed by atoms with Crippen LogP contribution in [0, 0.1) is 12.1 Å². The first-order valence-corrected chi connectivity index (χ1v) is 5.86. The minimum absolute atomic E-state index is 0.105. The number of aryl methyl sites for hydroxylation is 1. The highest BCUT2D eigenvalue weighted by Gasteiger charge is 2.13. The lowest BCUT2D eigenvalue weighted by atomic mass is 10.1. The quantitative estimate of drug-likeness (QED) is 0.478. The van der Waals surface area contributed by atoms with E-state index in [1.807, 2.05) is 13.0 Å². The van der Waals surface area contributed by atoms with Gasteiger partial charge in [0, 0.05) is 19.1 Å². The van der Waals surface area contributed by atoms with Gasteiger partial charge in [-0.3, -0.25) is 4.79 Å². The minimum Gasteiger partial charge on any atom is -0.618 e. The molecule has 0 N–H and O–H groups in total. The molecule has 0 bridgehead atoms. The second-order valence-corrected chi connectivity index (χ2v) is 4.16. The number of esters is 1. The van der Waals surface area contributed by atoms with Crippen molar-refractivity contribution in [3.8, 4) is 11.4 Å². The molecule has 0 aromatic carbocycles. The molecule has 0 amide bonds. The molecule has 0 saturated heterocycles. The van der Waals surface area contributed by atoms with Crippen LogP contribution in [0.3, 0.4) is 0 Å². The van der Waals surface area contributed by atoms with Gasteiger partial charge in [0.05, 0.1) is 5.69 Å². The van der Waals surface area contributed by atoms with Crippen molar-refractivity contribution in [3.05, 3.63) is 53.0 Å². The van der Waals surface area contributed by atoms with Crippen LogP contribution < -0.4 is 4.73 Å². The predicted octanol–water partition coefficient (Wildman–Crippen LogP) is 1.75. The topological polar surface area (TPSA) is 66.1 Å². The van der Waals surface area contributed by atoms with Gasteiger partial charge < -0.3 is 9.94 Å². The van der Waals surface area contributed by atoms with Crippen LogP contribution in [-0.4, -0.2) is 11.0 Å². The van der Waals surface area contributed by atoms with Gasteiger partial charge in [0.25, 0.3) is 0 Å². The average molecular weight is 258 g/mol. The number of pyridine rings is 2. The van der Waals surface area contributed by atoms with Crippen molar-refractivity contribution in [2.45, 2.75) is 20.5 Å². The SMILES string of the molecule is CC(=O)OCc1ccc(C)c(-c2cccc[n+]2[O-])n1. The molecule has 5 nitrogen and oxygen atoms in total. The Morgan fingerprint density at radius 3 is 2.84 bits per heavy atom. The van der Waals surface area contributed by atoms with E-state index in [0.29, 0.717) is 17.1 Å². The minimum atomic E-state index is -0.359. The Hall–Kier alpha value is -2.43. The summed E-state index contributed by atoms with van der Waals surface area (Å²) in [4.78, 5) is 15.2. The van der Waals surface area contributed by atoms with E-state index in [9.17, 15) is 10.0 Å². The van der Waals surface area contributed by atoms with Crippen molar-refractivity contribution in [1.82, 2.24) is 4.98 Å². The molecule has 2 rings (SSSR count). The zero-order valence-corrected chi connectivity index (χ0v) is 10.8. The molecule has 0 aliphatic carbocycles. The third-order valence-corrected chi connectivity index (χ3v) is 2.64. The molecule has 0 saturated carbocycles. The van der Waals surface area contributed by atoms with Crippen LogP contribution in [0.4, 0.5) is 0 Å². The van der Waals surface area contributed by atoms with Gasteiger partial charge in [0.15, 0.2) is 6.20 Å². The van der Waals surface area contributed by atoms with Gasteiger partial charge in [-0.1, -0.05) is 6.07 Å². The molecule has 19 heavy (non-hydrogen) atoms. The summed E-state index contributed by atoms with van der Waals surface area (Å²) in [6.45, 7) is 3.33. The molecular weight excluding hydrogens is 244 g/mol. The fourth-order valence-electron chi connectivity index (χ4n) is 1.70. The zero-order chi connectivity index (χ0) is 13.8. The number of ether oxygens (including phenoxy) is 1. The lowest BCUT2D eigenvalue weighted by Gasteiger charge is -2.08. The Balaban J connectivity index is 2.37. The van der Waals surface area contributed by atoms with Crippen molar-refractivity contribution < 1.29 is 14.3 Å². The van der Waals surface area contributed by atoms with Crippen molar-refractivity contribution in [1.29, 1.82) is 0 Å². The van der Waals surface area contributed by atoms with E-state index in [0.717, 1.165) is 10.3 Å². The molecular formula is C14H14N2O3. The van der Waals surface area contributed by atoms with Crippen LogP contribution in [0.5, 0.6) is 0 Å². The Morgan fingerprint density at radius 1 is 1.37 bits per heavy atom. The molecule has 2 aromatic rings. The van der Waals surface area contributed by atoms with Gasteiger partial charge in [0.2, 0.25) is 5.69 Å². The largest absolute Gasteiger partial charge is 0.618 e. The number of rotatable bonds is 3. The second-order valence-electron chi connectivity index (χ2n) is 4.16. The van der Waals surface area contributed by atoms with Crippen LogP contribution in [0.25, 0.3) is 11.4 Å². The van der Waals surface area contributed by atoms with Crippen molar-refractivity contribution in [3.63, 3.8) is 0 Å². The molecule has 2 aromatic heterocycles. The molecule has 0 aliphatic rings. The van der Waals surface area contributed by atoms with Gasteiger partial charge in [-0.25, -0.2) is 4.98 Å². The molecule has 0 spiro atoms. The first-order chi connectivity index (χ1) is 9.08. The molecule has 5 heteroatoms. The van der Waals surface area contributed by atoms with Crippen LogP contribution in [0.2, 0.25) is 0 Å². The highest BCUT2D eigenvalue weighted by atomic mass is 16.5. The molecule has 2 heterocycles. The monoisotopic (exact) mass is 258 g/mol.